The molecule has 0 aliphatic carbocycles. The van der Waals surface area contributed by atoms with Crippen LogP contribution < -0.4 is 5.32 Å². The zero-order valence-electron chi connectivity index (χ0n) is 8.84. The van der Waals surface area contributed by atoms with Gasteiger partial charge in [-0.05, 0) is 34.5 Å². The highest BCUT2D eigenvalue weighted by molar-refractivity contribution is 9.10. The van der Waals surface area contributed by atoms with E-state index in [1.54, 1.807) is 6.20 Å². The summed E-state index contributed by atoms with van der Waals surface area (Å²) in [7, 11) is 0. The second-order valence-corrected chi connectivity index (χ2v) is 5.02. The molecule has 1 heterocycles. The second kappa shape index (κ2) is 7.20. The SMILES string of the molecule is CCCC(Cl)CNCc1ccc(Br)cn1. The van der Waals surface area contributed by atoms with Crippen LogP contribution in [0.15, 0.2) is 22.8 Å². The summed E-state index contributed by atoms with van der Waals surface area (Å²) in [6.45, 7) is 3.76. The largest absolute Gasteiger partial charge is 0.310 e. The van der Waals surface area contributed by atoms with Crippen molar-refractivity contribution in [1.29, 1.82) is 0 Å². The Kier molecular flexibility index (Phi) is 6.22. The van der Waals surface area contributed by atoms with Gasteiger partial charge in [0.1, 0.15) is 0 Å². The normalized spacial score (nSPS) is 12.7. The molecule has 0 fully saturated rings. The van der Waals surface area contributed by atoms with Crippen LogP contribution in [0.4, 0.5) is 0 Å². The van der Waals surface area contributed by atoms with Crippen LogP contribution in [0.25, 0.3) is 0 Å². The van der Waals surface area contributed by atoms with E-state index in [2.05, 4.69) is 33.2 Å². The topological polar surface area (TPSA) is 24.9 Å². The van der Waals surface area contributed by atoms with E-state index >= 15 is 0 Å². The number of hydrogen-bond donors (Lipinski definition) is 1. The minimum atomic E-state index is 0.227. The van der Waals surface area contributed by atoms with Gasteiger partial charge in [-0.2, -0.15) is 0 Å². The summed E-state index contributed by atoms with van der Waals surface area (Å²) in [6.07, 6.45) is 4.00. The molecule has 0 spiro atoms. The molecule has 1 aromatic heterocycles. The van der Waals surface area contributed by atoms with E-state index in [1.807, 2.05) is 12.1 Å². The zero-order chi connectivity index (χ0) is 11.1. The maximum Gasteiger partial charge on any atom is 0.0542 e. The molecule has 0 aromatic carbocycles. The molecule has 0 aliphatic heterocycles. The summed E-state index contributed by atoms with van der Waals surface area (Å²) in [6, 6.07) is 3.99. The van der Waals surface area contributed by atoms with Gasteiger partial charge < -0.3 is 5.32 Å². The molecule has 1 unspecified atom stereocenters. The molecule has 1 N–H and O–H groups in total. The summed E-state index contributed by atoms with van der Waals surface area (Å²) in [4.78, 5) is 4.27. The van der Waals surface area contributed by atoms with Crippen molar-refractivity contribution >= 4 is 27.5 Å². The Morgan fingerprint density at radius 1 is 1.53 bits per heavy atom. The predicted molar refractivity (Wildman–Crippen MR) is 68.2 cm³/mol. The Hall–Kier alpha value is -0.120. The fourth-order valence-corrected chi connectivity index (χ4v) is 1.85. The standard InChI is InChI=1S/C11H16BrClN2/c1-2-3-10(13)7-14-8-11-5-4-9(12)6-15-11/h4-6,10,14H,2-3,7-8H2,1H3. The average molecular weight is 292 g/mol. The van der Waals surface area contributed by atoms with E-state index in [9.17, 15) is 0 Å². The van der Waals surface area contributed by atoms with Crippen LogP contribution >= 0.6 is 27.5 Å². The van der Waals surface area contributed by atoms with Crippen molar-refractivity contribution in [3.8, 4) is 0 Å². The first-order valence-electron chi connectivity index (χ1n) is 5.17. The number of halogens is 2. The summed E-state index contributed by atoms with van der Waals surface area (Å²) < 4.78 is 1.01. The maximum atomic E-state index is 6.08. The second-order valence-electron chi connectivity index (χ2n) is 3.48. The Morgan fingerprint density at radius 2 is 2.33 bits per heavy atom. The highest BCUT2D eigenvalue weighted by atomic mass is 79.9. The monoisotopic (exact) mass is 290 g/mol. The summed E-state index contributed by atoms with van der Waals surface area (Å²) in [5, 5.41) is 3.52. The van der Waals surface area contributed by atoms with E-state index in [-0.39, 0.29) is 5.38 Å². The molecule has 0 aliphatic rings. The lowest BCUT2D eigenvalue weighted by Crippen LogP contribution is -2.23. The Morgan fingerprint density at radius 3 is 2.93 bits per heavy atom. The molecule has 0 saturated heterocycles. The molecule has 0 bridgehead atoms. The quantitative estimate of drug-likeness (QED) is 0.813. The highest BCUT2D eigenvalue weighted by Gasteiger charge is 2.02. The van der Waals surface area contributed by atoms with Gasteiger partial charge in [0.2, 0.25) is 0 Å². The van der Waals surface area contributed by atoms with Crippen molar-refractivity contribution in [2.24, 2.45) is 0 Å². The van der Waals surface area contributed by atoms with Gasteiger partial charge in [0.15, 0.2) is 0 Å². The maximum absolute atomic E-state index is 6.08. The molecule has 15 heavy (non-hydrogen) atoms. The van der Waals surface area contributed by atoms with Crippen molar-refractivity contribution in [3.63, 3.8) is 0 Å². The van der Waals surface area contributed by atoms with Crippen molar-refractivity contribution in [2.45, 2.75) is 31.7 Å². The van der Waals surface area contributed by atoms with Crippen molar-refractivity contribution < 1.29 is 0 Å². The molecule has 1 atom stereocenters. The lowest BCUT2D eigenvalue weighted by Gasteiger charge is -2.09. The van der Waals surface area contributed by atoms with Gasteiger partial charge in [-0.3, -0.25) is 4.98 Å². The summed E-state index contributed by atoms with van der Waals surface area (Å²) >= 11 is 9.44. The van der Waals surface area contributed by atoms with Crippen LogP contribution in [0.3, 0.4) is 0 Å². The van der Waals surface area contributed by atoms with Crippen LogP contribution in [0.2, 0.25) is 0 Å². The summed E-state index contributed by atoms with van der Waals surface area (Å²) in [5.41, 5.74) is 1.04. The average Bonchev–Trinajstić information content (AvgIpc) is 2.21. The molecule has 0 saturated carbocycles. The van der Waals surface area contributed by atoms with Crippen LogP contribution in [-0.4, -0.2) is 16.9 Å². The van der Waals surface area contributed by atoms with E-state index in [0.717, 1.165) is 36.1 Å². The number of aromatic nitrogens is 1. The smallest absolute Gasteiger partial charge is 0.0542 e. The van der Waals surface area contributed by atoms with E-state index in [1.165, 1.54) is 0 Å². The first-order valence-corrected chi connectivity index (χ1v) is 6.40. The fraction of sp³-hybridized carbons (Fsp3) is 0.545. The van der Waals surface area contributed by atoms with E-state index < -0.39 is 0 Å². The number of hydrogen-bond acceptors (Lipinski definition) is 2. The zero-order valence-corrected chi connectivity index (χ0v) is 11.2. The number of pyridine rings is 1. The molecule has 0 radical (unpaired) electrons. The summed E-state index contributed by atoms with van der Waals surface area (Å²) in [5.74, 6) is 0. The Labute approximate surface area is 105 Å². The van der Waals surface area contributed by atoms with Gasteiger partial charge >= 0.3 is 0 Å². The molecular formula is C11H16BrClN2. The Bertz CT molecular complexity index is 276. The van der Waals surface area contributed by atoms with E-state index in [4.69, 9.17) is 11.6 Å². The molecule has 1 aromatic rings. The van der Waals surface area contributed by atoms with E-state index in [0.29, 0.717) is 0 Å². The predicted octanol–water partition coefficient (Wildman–Crippen LogP) is 3.34. The molecular weight excluding hydrogens is 275 g/mol. The van der Waals surface area contributed by atoms with Crippen LogP contribution in [0.5, 0.6) is 0 Å². The third-order valence-electron chi connectivity index (χ3n) is 2.06. The van der Waals surface area contributed by atoms with Crippen molar-refractivity contribution in [3.05, 3.63) is 28.5 Å². The highest BCUT2D eigenvalue weighted by Crippen LogP contribution is 2.07. The van der Waals surface area contributed by atoms with Gasteiger partial charge in [0.25, 0.3) is 0 Å². The number of nitrogens with one attached hydrogen (secondary N) is 1. The first-order chi connectivity index (χ1) is 7.22. The molecule has 1 rings (SSSR count). The number of alkyl halides is 1. The van der Waals surface area contributed by atoms with Gasteiger partial charge in [-0.25, -0.2) is 0 Å². The first kappa shape index (κ1) is 12.9. The fourth-order valence-electron chi connectivity index (χ4n) is 1.28. The molecule has 84 valence electrons. The lowest BCUT2D eigenvalue weighted by atomic mass is 10.2. The van der Waals surface area contributed by atoms with Crippen LogP contribution in [0, 0.1) is 0 Å². The van der Waals surface area contributed by atoms with Gasteiger partial charge in [-0.15, -0.1) is 11.6 Å². The molecule has 4 heteroatoms. The third-order valence-corrected chi connectivity index (χ3v) is 2.90. The minimum Gasteiger partial charge on any atom is -0.310 e. The number of rotatable bonds is 6. The van der Waals surface area contributed by atoms with Gasteiger partial charge in [-0.1, -0.05) is 13.3 Å². The van der Waals surface area contributed by atoms with Crippen molar-refractivity contribution in [2.75, 3.05) is 6.54 Å². The molecule has 0 amide bonds. The minimum absolute atomic E-state index is 0.227. The van der Waals surface area contributed by atoms with Gasteiger partial charge in [0.05, 0.1) is 5.69 Å². The van der Waals surface area contributed by atoms with Crippen molar-refractivity contribution in [1.82, 2.24) is 10.3 Å². The Balaban J connectivity index is 2.22. The van der Waals surface area contributed by atoms with Crippen LogP contribution in [0.1, 0.15) is 25.5 Å². The number of nitrogens with zero attached hydrogens (tertiary/aromatic N) is 1. The van der Waals surface area contributed by atoms with Gasteiger partial charge in [0, 0.05) is 29.1 Å². The third kappa shape index (κ3) is 5.50. The molecule has 2 nitrogen and oxygen atoms in total. The van der Waals surface area contributed by atoms with Crippen LogP contribution in [-0.2, 0) is 6.54 Å². The lowest BCUT2D eigenvalue weighted by molar-refractivity contribution is 0.617.